The van der Waals surface area contributed by atoms with E-state index < -0.39 is 0 Å². The van der Waals surface area contributed by atoms with Gasteiger partial charge in [0.1, 0.15) is 0 Å². The van der Waals surface area contributed by atoms with Crippen molar-refractivity contribution in [2.75, 3.05) is 0 Å². The van der Waals surface area contributed by atoms with Gasteiger partial charge in [0.05, 0.1) is 0 Å². The lowest BCUT2D eigenvalue weighted by Gasteiger charge is -2.29. The highest BCUT2D eigenvalue weighted by molar-refractivity contribution is 5.32. The molecule has 0 spiro atoms. The van der Waals surface area contributed by atoms with Crippen molar-refractivity contribution in [2.24, 2.45) is 0 Å². The standard InChI is InChI=1S/C20H27N/c1-16(21-20(2,3)4)15-19(17-11-7-5-8-12-17)18-13-9-6-10-14-18/h5-14,16,19,21H,15H2,1-4H3/t16-/m1/s1. The van der Waals surface area contributed by atoms with Crippen molar-refractivity contribution in [3.05, 3.63) is 71.8 Å². The molecule has 0 saturated heterocycles. The van der Waals surface area contributed by atoms with Crippen molar-refractivity contribution in [2.45, 2.75) is 51.6 Å². The Bertz CT molecular complexity index is 485. The zero-order valence-corrected chi connectivity index (χ0v) is 13.6. The van der Waals surface area contributed by atoms with Crippen molar-refractivity contribution in [3.8, 4) is 0 Å². The van der Waals surface area contributed by atoms with Crippen LogP contribution in [-0.4, -0.2) is 11.6 Å². The molecule has 2 aromatic carbocycles. The highest BCUT2D eigenvalue weighted by Gasteiger charge is 2.20. The van der Waals surface area contributed by atoms with Crippen molar-refractivity contribution in [1.82, 2.24) is 5.32 Å². The first-order valence-electron chi connectivity index (χ1n) is 7.83. The first-order valence-corrected chi connectivity index (χ1v) is 7.83. The summed E-state index contributed by atoms with van der Waals surface area (Å²) in [6, 6.07) is 22.1. The molecule has 1 nitrogen and oxygen atoms in total. The topological polar surface area (TPSA) is 12.0 Å². The first kappa shape index (κ1) is 15.8. The van der Waals surface area contributed by atoms with Gasteiger partial charge < -0.3 is 5.32 Å². The number of hydrogen-bond acceptors (Lipinski definition) is 1. The number of nitrogens with one attached hydrogen (secondary N) is 1. The third-order valence-electron chi connectivity index (χ3n) is 3.67. The Morgan fingerprint density at radius 3 is 1.62 bits per heavy atom. The molecule has 2 rings (SSSR count). The maximum atomic E-state index is 3.69. The van der Waals surface area contributed by atoms with Gasteiger partial charge in [-0.1, -0.05) is 60.7 Å². The highest BCUT2D eigenvalue weighted by atomic mass is 15.0. The Kier molecular flexibility index (Phi) is 5.19. The van der Waals surface area contributed by atoms with Crippen molar-refractivity contribution >= 4 is 0 Å². The molecule has 0 aliphatic heterocycles. The summed E-state index contributed by atoms with van der Waals surface area (Å²) in [6.07, 6.45) is 1.10. The molecule has 0 aliphatic carbocycles. The molecule has 0 amide bonds. The summed E-state index contributed by atoms with van der Waals surface area (Å²) in [6.45, 7) is 8.96. The Balaban J connectivity index is 2.21. The molecule has 21 heavy (non-hydrogen) atoms. The van der Waals surface area contributed by atoms with Crippen LogP contribution in [0.5, 0.6) is 0 Å². The van der Waals surface area contributed by atoms with Crippen LogP contribution in [0, 0.1) is 0 Å². The van der Waals surface area contributed by atoms with Crippen LogP contribution in [0.2, 0.25) is 0 Å². The molecule has 0 unspecified atom stereocenters. The summed E-state index contributed by atoms with van der Waals surface area (Å²) in [5, 5.41) is 3.69. The van der Waals surface area contributed by atoms with Gasteiger partial charge in [0.15, 0.2) is 0 Å². The van der Waals surface area contributed by atoms with Gasteiger partial charge in [-0.05, 0) is 45.2 Å². The van der Waals surface area contributed by atoms with E-state index in [4.69, 9.17) is 0 Å². The maximum Gasteiger partial charge on any atom is 0.0104 e. The normalized spacial score (nSPS) is 13.4. The minimum Gasteiger partial charge on any atom is -0.310 e. The molecule has 0 radical (unpaired) electrons. The smallest absolute Gasteiger partial charge is 0.0104 e. The lowest BCUT2D eigenvalue weighted by molar-refractivity contribution is 0.353. The molecule has 0 aliphatic rings. The second kappa shape index (κ2) is 6.91. The SMILES string of the molecule is C[C@H](CC(c1ccccc1)c1ccccc1)NC(C)(C)C. The van der Waals surface area contributed by atoms with E-state index in [0.29, 0.717) is 12.0 Å². The second-order valence-corrected chi connectivity index (χ2v) is 6.91. The van der Waals surface area contributed by atoms with Crippen LogP contribution in [0.1, 0.15) is 51.2 Å². The van der Waals surface area contributed by atoms with Crippen molar-refractivity contribution in [3.63, 3.8) is 0 Å². The Hall–Kier alpha value is -1.60. The van der Waals surface area contributed by atoms with Crippen molar-refractivity contribution < 1.29 is 0 Å². The Morgan fingerprint density at radius 2 is 1.24 bits per heavy atom. The van der Waals surface area contributed by atoms with Crippen LogP contribution in [0.3, 0.4) is 0 Å². The van der Waals surface area contributed by atoms with Gasteiger partial charge in [0, 0.05) is 17.5 Å². The Labute approximate surface area is 129 Å². The predicted octanol–water partition coefficient (Wildman–Crippen LogP) is 4.99. The van der Waals surface area contributed by atoms with Crippen LogP contribution in [0.15, 0.2) is 60.7 Å². The van der Waals surface area contributed by atoms with Gasteiger partial charge in [-0.15, -0.1) is 0 Å². The fourth-order valence-electron chi connectivity index (χ4n) is 2.99. The van der Waals surface area contributed by atoms with Gasteiger partial charge in [-0.2, -0.15) is 0 Å². The van der Waals surface area contributed by atoms with Gasteiger partial charge in [0.2, 0.25) is 0 Å². The van der Waals surface area contributed by atoms with E-state index in [1.807, 2.05) is 0 Å². The number of rotatable bonds is 5. The van der Waals surface area contributed by atoms with Gasteiger partial charge in [0.25, 0.3) is 0 Å². The molecule has 1 heteroatoms. The van der Waals surface area contributed by atoms with Crippen LogP contribution in [0.4, 0.5) is 0 Å². The maximum absolute atomic E-state index is 3.69. The van der Waals surface area contributed by atoms with Crippen molar-refractivity contribution in [1.29, 1.82) is 0 Å². The third kappa shape index (κ3) is 5.02. The Morgan fingerprint density at radius 1 is 0.810 bits per heavy atom. The van der Waals surface area contributed by atoms with E-state index in [9.17, 15) is 0 Å². The molecule has 1 atom stereocenters. The van der Waals surface area contributed by atoms with Gasteiger partial charge >= 0.3 is 0 Å². The van der Waals surface area contributed by atoms with E-state index in [0.717, 1.165) is 6.42 Å². The molecule has 0 bridgehead atoms. The largest absolute Gasteiger partial charge is 0.310 e. The lowest BCUT2D eigenvalue weighted by Crippen LogP contribution is -2.42. The second-order valence-electron chi connectivity index (χ2n) is 6.91. The quantitative estimate of drug-likeness (QED) is 0.814. The van der Waals surface area contributed by atoms with E-state index in [1.54, 1.807) is 0 Å². The third-order valence-corrected chi connectivity index (χ3v) is 3.67. The van der Waals surface area contributed by atoms with E-state index in [2.05, 4.69) is 93.7 Å². The molecule has 2 aromatic rings. The summed E-state index contributed by atoms with van der Waals surface area (Å²) in [7, 11) is 0. The van der Waals surface area contributed by atoms with E-state index in [1.165, 1.54) is 11.1 Å². The first-order chi connectivity index (χ1) is 9.96. The van der Waals surface area contributed by atoms with E-state index >= 15 is 0 Å². The molecule has 112 valence electrons. The highest BCUT2D eigenvalue weighted by Crippen LogP contribution is 2.29. The lowest BCUT2D eigenvalue weighted by atomic mass is 9.86. The fraction of sp³-hybridized carbons (Fsp3) is 0.400. The summed E-state index contributed by atoms with van der Waals surface area (Å²) >= 11 is 0. The fourth-order valence-corrected chi connectivity index (χ4v) is 2.99. The van der Waals surface area contributed by atoms with Crippen LogP contribution < -0.4 is 5.32 Å². The minimum absolute atomic E-state index is 0.150. The molecule has 0 aromatic heterocycles. The van der Waals surface area contributed by atoms with Gasteiger partial charge in [-0.3, -0.25) is 0 Å². The molecule has 0 fully saturated rings. The molecule has 0 heterocycles. The molecular weight excluding hydrogens is 254 g/mol. The van der Waals surface area contributed by atoms with Crippen LogP contribution in [-0.2, 0) is 0 Å². The van der Waals surface area contributed by atoms with Crippen LogP contribution >= 0.6 is 0 Å². The van der Waals surface area contributed by atoms with Gasteiger partial charge in [-0.25, -0.2) is 0 Å². The minimum atomic E-state index is 0.150. The monoisotopic (exact) mass is 281 g/mol. The zero-order chi connectivity index (χ0) is 15.3. The number of hydrogen-bond donors (Lipinski definition) is 1. The molecular formula is C20H27N. The zero-order valence-electron chi connectivity index (χ0n) is 13.6. The molecule has 0 saturated carbocycles. The number of benzene rings is 2. The van der Waals surface area contributed by atoms with Crippen LogP contribution in [0.25, 0.3) is 0 Å². The summed E-state index contributed by atoms with van der Waals surface area (Å²) in [5.41, 5.74) is 2.94. The summed E-state index contributed by atoms with van der Waals surface area (Å²) in [5.74, 6) is 0.442. The van der Waals surface area contributed by atoms with E-state index in [-0.39, 0.29) is 5.54 Å². The molecule has 1 N–H and O–H groups in total. The summed E-state index contributed by atoms with van der Waals surface area (Å²) in [4.78, 5) is 0. The average molecular weight is 281 g/mol. The summed E-state index contributed by atoms with van der Waals surface area (Å²) < 4.78 is 0. The predicted molar refractivity (Wildman–Crippen MR) is 91.7 cm³/mol. The average Bonchev–Trinajstić information content (AvgIpc) is 2.45.